The number of piperidine rings is 1. The van der Waals surface area contributed by atoms with Crippen LogP contribution in [-0.4, -0.2) is 66.9 Å². The molecule has 1 fully saturated rings. The highest BCUT2D eigenvalue weighted by atomic mass is 16.5. The number of aliphatic hydroxyl groups is 1. The van der Waals surface area contributed by atoms with Crippen LogP contribution in [0.25, 0.3) is 0 Å². The average molecular weight is 335 g/mol. The van der Waals surface area contributed by atoms with E-state index in [0.717, 1.165) is 44.2 Å². The Labute approximate surface area is 147 Å². The van der Waals surface area contributed by atoms with Gasteiger partial charge >= 0.3 is 0 Å². The maximum atomic E-state index is 10.2. The third-order valence-electron chi connectivity index (χ3n) is 5.01. The molecule has 0 amide bonds. The summed E-state index contributed by atoms with van der Waals surface area (Å²) in [6.07, 6.45) is 2.09. The largest absolute Gasteiger partial charge is 0.389 e. The zero-order chi connectivity index (χ0) is 17.2. The highest BCUT2D eigenvalue weighted by Gasteiger charge is 2.22. The molecular weight excluding hydrogens is 300 g/mol. The van der Waals surface area contributed by atoms with Crippen LogP contribution in [0, 0.1) is 5.92 Å². The minimum Gasteiger partial charge on any atom is -0.389 e. The number of rotatable bonds is 10. The van der Waals surface area contributed by atoms with Crippen molar-refractivity contribution in [1.82, 2.24) is 9.80 Å². The Kier molecular flexibility index (Phi) is 8.75. The lowest BCUT2D eigenvalue weighted by atomic mass is 9.96. The number of β-amino-alcohol motifs (C(OH)–C–C–N with tert-alkyl or cyclic N) is 1. The molecule has 4 nitrogen and oxygen atoms in total. The van der Waals surface area contributed by atoms with Crippen molar-refractivity contribution in [3.05, 3.63) is 35.9 Å². The summed E-state index contributed by atoms with van der Waals surface area (Å²) in [6, 6.07) is 10.1. The Bertz CT molecular complexity index is 429. The van der Waals surface area contributed by atoms with E-state index in [-0.39, 0.29) is 0 Å². The van der Waals surface area contributed by atoms with Gasteiger partial charge in [-0.1, -0.05) is 44.2 Å². The van der Waals surface area contributed by atoms with Crippen LogP contribution in [0.15, 0.2) is 30.3 Å². The van der Waals surface area contributed by atoms with Crippen LogP contribution in [-0.2, 0) is 11.3 Å². The molecule has 0 radical (unpaired) electrons. The molecule has 0 saturated carbocycles. The van der Waals surface area contributed by atoms with Crippen LogP contribution in [0.2, 0.25) is 0 Å². The summed E-state index contributed by atoms with van der Waals surface area (Å²) >= 11 is 0. The molecule has 1 aliphatic heterocycles. The smallest absolute Gasteiger partial charge is 0.0900 e. The van der Waals surface area contributed by atoms with E-state index in [1.807, 2.05) is 30.3 Å². The minimum atomic E-state index is -0.395. The quantitative estimate of drug-likeness (QED) is 0.713. The molecule has 1 aromatic carbocycles. The molecule has 0 aliphatic carbocycles. The first-order chi connectivity index (χ1) is 11.7. The van der Waals surface area contributed by atoms with E-state index in [1.165, 1.54) is 19.4 Å². The molecule has 4 heteroatoms. The minimum absolute atomic E-state index is 0.395. The first kappa shape index (κ1) is 19.4. The van der Waals surface area contributed by atoms with Crippen LogP contribution in [0.3, 0.4) is 0 Å². The van der Waals surface area contributed by atoms with Crippen LogP contribution in [0.5, 0.6) is 0 Å². The monoisotopic (exact) mass is 334 g/mol. The second kappa shape index (κ2) is 10.8. The van der Waals surface area contributed by atoms with Crippen molar-refractivity contribution in [2.75, 3.05) is 45.9 Å². The van der Waals surface area contributed by atoms with E-state index in [0.29, 0.717) is 13.2 Å². The molecular formula is C20H34N2O2. The van der Waals surface area contributed by atoms with E-state index in [9.17, 15) is 5.11 Å². The lowest BCUT2D eigenvalue weighted by Gasteiger charge is -2.35. The Morgan fingerprint density at radius 2 is 1.83 bits per heavy atom. The van der Waals surface area contributed by atoms with Crippen molar-refractivity contribution >= 4 is 0 Å². The zero-order valence-electron chi connectivity index (χ0n) is 15.4. The fourth-order valence-electron chi connectivity index (χ4n) is 3.44. The van der Waals surface area contributed by atoms with Crippen molar-refractivity contribution in [3.63, 3.8) is 0 Å². The lowest BCUT2D eigenvalue weighted by molar-refractivity contribution is 0.00350. The molecule has 1 aromatic rings. The fraction of sp³-hybridized carbons (Fsp3) is 0.700. The van der Waals surface area contributed by atoms with Gasteiger partial charge in [-0.2, -0.15) is 0 Å². The highest BCUT2D eigenvalue weighted by molar-refractivity contribution is 5.13. The summed E-state index contributed by atoms with van der Waals surface area (Å²) < 4.78 is 5.64. The Morgan fingerprint density at radius 1 is 1.17 bits per heavy atom. The molecule has 0 bridgehead atoms. The van der Waals surface area contributed by atoms with Crippen molar-refractivity contribution in [1.29, 1.82) is 0 Å². The molecule has 0 spiro atoms. The van der Waals surface area contributed by atoms with Crippen molar-refractivity contribution in [2.24, 2.45) is 5.92 Å². The number of aliphatic hydroxyl groups excluding tert-OH is 1. The van der Waals surface area contributed by atoms with Crippen molar-refractivity contribution in [3.8, 4) is 0 Å². The van der Waals surface area contributed by atoms with Crippen molar-refractivity contribution < 1.29 is 9.84 Å². The second-order valence-electron chi connectivity index (χ2n) is 6.88. The van der Waals surface area contributed by atoms with E-state index < -0.39 is 6.10 Å². The molecule has 1 saturated heterocycles. The van der Waals surface area contributed by atoms with E-state index in [2.05, 4.69) is 23.6 Å². The number of likely N-dealkylation sites (tertiary alicyclic amines) is 1. The number of hydrogen-bond acceptors (Lipinski definition) is 4. The number of hydrogen-bond donors (Lipinski definition) is 1. The predicted molar refractivity (Wildman–Crippen MR) is 99.1 cm³/mol. The molecule has 0 unspecified atom stereocenters. The van der Waals surface area contributed by atoms with Gasteiger partial charge in [0.05, 0.1) is 19.3 Å². The average Bonchev–Trinajstić information content (AvgIpc) is 2.62. The van der Waals surface area contributed by atoms with E-state index >= 15 is 0 Å². The van der Waals surface area contributed by atoms with E-state index in [4.69, 9.17) is 4.74 Å². The van der Waals surface area contributed by atoms with Crippen LogP contribution >= 0.6 is 0 Å². The third kappa shape index (κ3) is 6.89. The highest BCUT2D eigenvalue weighted by Crippen LogP contribution is 2.18. The number of nitrogens with zero attached hydrogens (tertiary/aromatic N) is 2. The predicted octanol–water partition coefficient (Wildman–Crippen LogP) is 2.62. The maximum absolute atomic E-state index is 10.2. The van der Waals surface area contributed by atoms with Gasteiger partial charge in [-0.25, -0.2) is 0 Å². The van der Waals surface area contributed by atoms with Crippen LogP contribution < -0.4 is 0 Å². The Hall–Kier alpha value is -0.940. The fourth-order valence-corrected chi connectivity index (χ4v) is 3.44. The summed E-state index contributed by atoms with van der Waals surface area (Å²) in [4.78, 5) is 4.90. The molecule has 2 rings (SSSR count). The normalized spacial score (nSPS) is 18.2. The van der Waals surface area contributed by atoms with Gasteiger partial charge in [-0.3, -0.25) is 0 Å². The Balaban J connectivity index is 1.59. The summed E-state index contributed by atoms with van der Waals surface area (Å²) in [6.45, 7) is 11.9. The molecule has 1 N–H and O–H groups in total. The molecule has 24 heavy (non-hydrogen) atoms. The van der Waals surface area contributed by atoms with Crippen LogP contribution in [0.1, 0.15) is 32.3 Å². The van der Waals surface area contributed by atoms with Gasteiger partial charge < -0.3 is 19.6 Å². The van der Waals surface area contributed by atoms with Crippen molar-refractivity contribution in [2.45, 2.75) is 39.4 Å². The first-order valence-corrected chi connectivity index (χ1v) is 9.45. The van der Waals surface area contributed by atoms with Gasteiger partial charge in [0.25, 0.3) is 0 Å². The first-order valence-electron chi connectivity index (χ1n) is 9.45. The maximum Gasteiger partial charge on any atom is 0.0900 e. The number of ether oxygens (including phenoxy) is 1. The van der Waals surface area contributed by atoms with Gasteiger partial charge in [0, 0.05) is 13.1 Å². The van der Waals surface area contributed by atoms with Gasteiger partial charge in [-0.05, 0) is 50.5 Å². The summed E-state index contributed by atoms with van der Waals surface area (Å²) in [7, 11) is 0. The molecule has 136 valence electrons. The molecule has 1 heterocycles. The van der Waals surface area contributed by atoms with Gasteiger partial charge in [0.15, 0.2) is 0 Å². The molecule has 0 aromatic heterocycles. The topological polar surface area (TPSA) is 35.9 Å². The zero-order valence-corrected chi connectivity index (χ0v) is 15.4. The second-order valence-corrected chi connectivity index (χ2v) is 6.88. The molecule has 1 atom stereocenters. The SMILES string of the molecule is CCN(CC)CC1CCN(C[C@H](O)COCc2ccccc2)CC1. The van der Waals surface area contributed by atoms with Crippen LogP contribution in [0.4, 0.5) is 0 Å². The van der Waals surface area contributed by atoms with Gasteiger partial charge in [-0.15, -0.1) is 0 Å². The Morgan fingerprint density at radius 3 is 2.46 bits per heavy atom. The summed E-state index contributed by atoms with van der Waals surface area (Å²) in [5.74, 6) is 0.813. The molecule has 1 aliphatic rings. The van der Waals surface area contributed by atoms with Gasteiger partial charge in [0.1, 0.15) is 0 Å². The lowest BCUT2D eigenvalue weighted by Crippen LogP contribution is -2.42. The third-order valence-corrected chi connectivity index (χ3v) is 5.01. The summed E-state index contributed by atoms with van der Waals surface area (Å²) in [5.41, 5.74) is 1.15. The van der Waals surface area contributed by atoms with Gasteiger partial charge in [0.2, 0.25) is 0 Å². The van der Waals surface area contributed by atoms with E-state index in [1.54, 1.807) is 0 Å². The summed E-state index contributed by atoms with van der Waals surface area (Å²) in [5, 5.41) is 10.2. The number of benzene rings is 1. The standard InChI is InChI=1S/C20H34N2O2/c1-3-21(4-2)14-18-10-12-22(13-11-18)15-20(23)17-24-16-19-8-6-5-7-9-19/h5-9,18,20,23H,3-4,10-17H2,1-2H3/t20-/m0/s1.